The molecule has 128 valence electrons. The molecule has 2 aliphatic rings. The quantitative estimate of drug-likeness (QED) is 0.918. The lowest BCUT2D eigenvalue weighted by atomic mass is 9.82. The van der Waals surface area contributed by atoms with Crippen LogP contribution >= 0.6 is 0 Å². The smallest absolute Gasteiger partial charge is 0.225 e. The summed E-state index contributed by atoms with van der Waals surface area (Å²) in [6, 6.07) is 0. The highest BCUT2D eigenvalue weighted by atomic mass is 16.5. The fraction of sp³-hybridized carbons (Fsp3) is 0.765. The maximum atomic E-state index is 12.7. The second-order valence-corrected chi connectivity index (χ2v) is 7.26. The van der Waals surface area contributed by atoms with Crippen LogP contribution in [0.5, 0.6) is 0 Å². The first-order chi connectivity index (χ1) is 10.9. The summed E-state index contributed by atoms with van der Waals surface area (Å²) in [6.45, 7) is 3.60. The minimum Gasteiger partial charge on any atom is -0.389 e. The molecule has 0 radical (unpaired) electrons. The van der Waals surface area contributed by atoms with Crippen LogP contribution < -0.4 is 0 Å². The van der Waals surface area contributed by atoms with Crippen molar-refractivity contribution in [2.24, 2.45) is 7.05 Å². The molecule has 1 atom stereocenters. The Labute approximate surface area is 137 Å². The SMILES string of the molecule is Cn1cc(C2(C)CN(C(=O)CC3(O)CCCCC3)CCO2)cn1. The largest absolute Gasteiger partial charge is 0.389 e. The second kappa shape index (κ2) is 6.24. The van der Waals surface area contributed by atoms with Gasteiger partial charge in [-0.1, -0.05) is 19.3 Å². The van der Waals surface area contributed by atoms with Crippen LogP contribution in [-0.4, -0.2) is 51.0 Å². The third kappa shape index (κ3) is 3.58. The van der Waals surface area contributed by atoms with Crippen LogP contribution in [0.4, 0.5) is 0 Å². The molecule has 1 aliphatic carbocycles. The molecule has 6 heteroatoms. The van der Waals surface area contributed by atoms with E-state index in [1.807, 2.05) is 25.1 Å². The Hall–Kier alpha value is -1.40. The summed E-state index contributed by atoms with van der Waals surface area (Å²) in [4.78, 5) is 14.5. The predicted octanol–water partition coefficient (Wildman–Crippen LogP) is 1.58. The standard InChI is InChI=1S/C17H27N3O3/c1-16(14-11-18-19(2)12-14)13-20(8-9-23-16)15(21)10-17(22)6-4-3-5-7-17/h11-12,22H,3-10,13H2,1-2H3. The molecule has 1 unspecified atom stereocenters. The summed E-state index contributed by atoms with van der Waals surface area (Å²) >= 11 is 0. The normalized spacial score (nSPS) is 27.9. The summed E-state index contributed by atoms with van der Waals surface area (Å²) in [5.74, 6) is 0.0350. The summed E-state index contributed by atoms with van der Waals surface area (Å²) < 4.78 is 7.70. The van der Waals surface area contributed by atoms with Crippen molar-refractivity contribution < 1.29 is 14.6 Å². The Kier molecular flexibility index (Phi) is 4.47. The molecule has 23 heavy (non-hydrogen) atoms. The third-order valence-electron chi connectivity index (χ3n) is 5.21. The van der Waals surface area contributed by atoms with Gasteiger partial charge in [-0.25, -0.2) is 0 Å². The van der Waals surface area contributed by atoms with Crippen molar-refractivity contribution in [3.8, 4) is 0 Å². The van der Waals surface area contributed by atoms with Gasteiger partial charge in [-0.15, -0.1) is 0 Å². The van der Waals surface area contributed by atoms with E-state index < -0.39 is 11.2 Å². The van der Waals surface area contributed by atoms with Gasteiger partial charge in [0.05, 0.1) is 31.4 Å². The highest BCUT2D eigenvalue weighted by Gasteiger charge is 2.39. The van der Waals surface area contributed by atoms with Crippen molar-refractivity contribution >= 4 is 5.91 Å². The van der Waals surface area contributed by atoms with Gasteiger partial charge in [0.1, 0.15) is 5.60 Å². The number of carbonyl (C=O) groups is 1. The lowest BCUT2D eigenvalue weighted by Gasteiger charge is -2.41. The number of hydrogen-bond donors (Lipinski definition) is 1. The van der Waals surface area contributed by atoms with Gasteiger partial charge in [0.25, 0.3) is 0 Å². The van der Waals surface area contributed by atoms with E-state index >= 15 is 0 Å². The minimum absolute atomic E-state index is 0.0350. The van der Waals surface area contributed by atoms with Crippen molar-refractivity contribution in [2.75, 3.05) is 19.7 Å². The maximum absolute atomic E-state index is 12.7. The lowest BCUT2D eigenvalue weighted by molar-refractivity contribution is -0.155. The Morgan fingerprint density at radius 3 is 2.78 bits per heavy atom. The van der Waals surface area contributed by atoms with Crippen LogP contribution in [0.2, 0.25) is 0 Å². The number of ether oxygens (including phenoxy) is 1. The van der Waals surface area contributed by atoms with Gasteiger partial charge in [-0.05, 0) is 19.8 Å². The van der Waals surface area contributed by atoms with Crippen LogP contribution in [0.3, 0.4) is 0 Å². The van der Waals surface area contributed by atoms with E-state index in [0.29, 0.717) is 19.7 Å². The molecule has 1 saturated carbocycles. The first-order valence-electron chi connectivity index (χ1n) is 8.54. The van der Waals surface area contributed by atoms with Gasteiger partial charge >= 0.3 is 0 Å². The van der Waals surface area contributed by atoms with E-state index in [-0.39, 0.29) is 12.3 Å². The number of rotatable bonds is 3. The molecular weight excluding hydrogens is 294 g/mol. The summed E-state index contributed by atoms with van der Waals surface area (Å²) in [7, 11) is 1.87. The number of carbonyl (C=O) groups excluding carboxylic acids is 1. The zero-order valence-corrected chi connectivity index (χ0v) is 14.1. The van der Waals surface area contributed by atoms with E-state index in [1.165, 1.54) is 0 Å². The van der Waals surface area contributed by atoms with Crippen molar-refractivity contribution in [2.45, 2.75) is 56.7 Å². The predicted molar refractivity (Wildman–Crippen MR) is 85.7 cm³/mol. The highest BCUT2D eigenvalue weighted by Crippen LogP contribution is 2.33. The molecule has 1 saturated heterocycles. The van der Waals surface area contributed by atoms with E-state index in [9.17, 15) is 9.90 Å². The first-order valence-corrected chi connectivity index (χ1v) is 8.54. The Morgan fingerprint density at radius 1 is 1.39 bits per heavy atom. The van der Waals surface area contributed by atoms with Crippen LogP contribution in [0.25, 0.3) is 0 Å². The zero-order valence-electron chi connectivity index (χ0n) is 14.1. The Balaban J connectivity index is 1.67. The van der Waals surface area contributed by atoms with Gasteiger partial charge < -0.3 is 14.7 Å². The molecule has 0 bridgehead atoms. The average molecular weight is 321 g/mol. The lowest BCUT2D eigenvalue weighted by Crippen LogP contribution is -2.52. The van der Waals surface area contributed by atoms with Crippen LogP contribution in [-0.2, 0) is 22.2 Å². The third-order valence-corrected chi connectivity index (χ3v) is 5.21. The van der Waals surface area contributed by atoms with Crippen LogP contribution in [0, 0.1) is 0 Å². The molecule has 1 N–H and O–H groups in total. The van der Waals surface area contributed by atoms with Crippen molar-refractivity contribution in [3.05, 3.63) is 18.0 Å². The molecular formula is C17H27N3O3. The first kappa shape index (κ1) is 16.5. The number of amides is 1. The fourth-order valence-corrected chi connectivity index (χ4v) is 3.73. The number of nitrogens with zero attached hydrogens (tertiary/aromatic N) is 3. The molecule has 1 aromatic rings. The number of hydrogen-bond acceptors (Lipinski definition) is 4. The molecule has 3 rings (SSSR count). The zero-order chi connectivity index (χ0) is 16.5. The fourth-order valence-electron chi connectivity index (χ4n) is 3.73. The number of morpholine rings is 1. The number of aromatic nitrogens is 2. The molecule has 1 aromatic heterocycles. The van der Waals surface area contributed by atoms with Crippen LogP contribution in [0.15, 0.2) is 12.4 Å². The Bertz CT molecular complexity index is 565. The molecule has 6 nitrogen and oxygen atoms in total. The molecule has 1 aliphatic heterocycles. The molecule has 2 heterocycles. The molecule has 0 aromatic carbocycles. The van der Waals surface area contributed by atoms with Gasteiger partial charge in [-0.2, -0.15) is 5.10 Å². The summed E-state index contributed by atoms with van der Waals surface area (Å²) in [6.07, 6.45) is 8.63. The van der Waals surface area contributed by atoms with Gasteiger partial charge in [-0.3, -0.25) is 9.48 Å². The molecule has 0 spiro atoms. The monoisotopic (exact) mass is 321 g/mol. The van der Waals surface area contributed by atoms with E-state index in [1.54, 1.807) is 10.9 Å². The molecule has 2 fully saturated rings. The second-order valence-electron chi connectivity index (χ2n) is 7.26. The van der Waals surface area contributed by atoms with Crippen molar-refractivity contribution in [1.29, 1.82) is 0 Å². The summed E-state index contributed by atoms with van der Waals surface area (Å²) in [5.41, 5.74) is -0.357. The van der Waals surface area contributed by atoms with E-state index in [2.05, 4.69) is 5.10 Å². The topological polar surface area (TPSA) is 67.6 Å². The van der Waals surface area contributed by atoms with Gasteiger partial charge in [0.15, 0.2) is 0 Å². The number of aryl methyl sites for hydroxylation is 1. The highest BCUT2D eigenvalue weighted by molar-refractivity contribution is 5.77. The van der Waals surface area contributed by atoms with Gasteiger partial charge in [0.2, 0.25) is 5.91 Å². The van der Waals surface area contributed by atoms with Crippen molar-refractivity contribution in [3.63, 3.8) is 0 Å². The maximum Gasteiger partial charge on any atom is 0.225 e. The summed E-state index contributed by atoms with van der Waals surface area (Å²) in [5, 5.41) is 14.8. The van der Waals surface area contributed by atoms with E-state index in [4.69, 9.17) is 4.74 Å². The number of aliphatic hydroxyl groups is 1. The van der Waals surface area contributed by atoms with Crippen LogP contribution in [0.1, 0.15) is 51.0 Å². The van der Waals surface area contributed by atoms with Gasteiger partial charge in [0, 0.05) is 25.4 Å². The Morgan fingerprint density at radius 2 is 2.13 bits per heavy atom. The minimum atomic E-state index is -0.807. The molecule has 1 amide bonds. The van der Waals surface area contributed by atoms with Crippen molar-refractivity contribution in [1.82, 2.24) is 14.7 Å². The van der Waals surface area contributed by atoms with E-state index in [0.717, 1.165) is 37.7 Å². The average Bonchev–Trinajstić information content (AvgIpc) is 2.95.